The summed E-state index contributed by atoms with van der Waals surface area (Å²) in [7, 11) is 0. The van der Waals surface area contributed by atoms with Crippen molar-refractivity contribution in [1.82, 2.24) is 10.1 Å². The lowest BCUT2D eigenvalue weighted by molar-refractivity contribution is -0.140. The quantitative estimate of drug-likeness (QED) is 0.239. The second kappa shape index (κ2) is 9.30. The van der Waals surface area contributed by atoms with Crippen LogP contribution in [-0.2, 0) is 10.2 Å². The van der Waals surface area contributed by atoms with Crippen molar-refractivity contribution in [2.75, 3.05) is 5.32 Å². The molecule has 0 aliphatic heterocycles. The molecule has 5 aromatic rings. The van der Waals surface area contributed by atoms with Crippen LogP contribution in [0.25, 0.3) is 33.6 Å². The maximum absolute atomic E-state index is 11.6. The van der Waals surface area contributed by atoms with Crippen LogP contribution in [-0.4, -0.2) is 21.2 Å². The Bertz CT molecular complexity index is 1610. The van der Waals surface area contributed by atoms with Crippen LogP contribution in [0.4, 0.5) is 11.4 Å². The number of rotatable bonds is 7. The normalized spacial score (nSPS) is 13.7. The van der Waals surface area contributed by atoms with Crippen molar-refractivity contribution in [2.45, 2.75) is 32.1 Å². The van der Waals surface area contributed by atoms with Gasteiger partial charge in [-0.05, 0) is 55.0 Å². The number of carbonyl (C=O) groups is 1. The summed E-state index contributed by atoms with van der Waals surface area (Å²) in [5.41, 5.74) is 8.92. The zero-order valence-corrected chi connectivity index (χ0v) is 21.2. The monoisotopic (exact) mass is 501 g/mol. The number of aromatic nitrogens is 2. The van der Waals surface area contributed by atoms with E-state index in [2.05, 4.69) is 52.7 Å². The van der Waals surface area contributed by atoms with Gasteiger partial charge in [0, 0.05) is 17.3 Å². The SMILES string of the molecule is Cc1ccc(-c2cncc(Nc3c(C)noc3-c3ccc(-c4ccc(C5(C(=O)O)CC5)cc4)cc3)c2)cc1. The molecule has 0 amide bonds. The summed E-state index contributed by atoms with van der Waals surface area (Å²) in [6, 6.07) is 26.4. The van der Waals surface area contributed by atoms with Gasteiger partial charge in [-0.2, -0.15) is 0 Å². The van der Waals surface area contributed by atoms with E-state index >= 15 is 0 Å². The summed E-state index contributed by atoms with van der Waals surface area (Å²) in [6.07, 6.45) is 5.05. The third-order valence-electron chi connectivity index (χ3n) is 7.33. The molecule has 0 unspecified atom stereocenters. The van der Waals surface area contributed by atoms with Crippen molar-refractivity contribution in [2.24, 2.45) is 0 Å². The van der Waals surface area contributed by atoms with Crippen LogP contribution >= 0.6 is 0 Å². The van der Waals surface area contributed by atoms with Crippen molar-refractivity contribution in [3.8, 4) is 33.6 Å². The summed E-state index contributed by atoms with van der Waals surface area (Å²) in [4.78, 5) is 16.1. The lowest BCUT2D eigenvalue weighted by Gasteiger charge is -2.11. The number of aryl methyl sites for hydroxylation is 2. The Morgan fingerprint density at radius 3 is 2.03 bits per heavy atom. The van der Waals surface area contributed by atoms with Crippen LogP contribution in [0.1, 0.15) is 29.7 Å². The molecule has 1 aliphatic rings. The minimum absolute atomic E-state index is 0.655. The predicted octanol–water partition coefficient (Wildman–Crippen LogP) is 7.55. The Morgan fingerprint density at radius 2 is 1.39 bits per heavy atom. The zero-order valence-electron chi connectivity index (χ0n) is 21.2. The molecule has 6 heteroatoms. The second-order valence-corrected chi connectivity index (χ2v) is 9.97. The fourth-order valence-electron chi connectivity index (χ4n) is 4.82. The van der Waals surface area contributed by atoms with Gasteiger partial charge >= 0.3 is 5.97 Å². The number of anilines is 2. The number of pyridine rings is 1. The van der Waals surface area contributed by atoms with Gasteiger partial charge in [0.2, 0.25) is 0 Å². The molecule has 1 aliphatic carbocycles. The second-order valence-electron chi connectivity index (χ2n) is 9.97. The van der Waals surface area contributed by atoms with E-state index in [4.69, 9.17) is 4.52 Å². The van der Waals surface area contributed by atoms with Gasteiger partial charge in [-0.25, -0.2) is 0 Å². The van der Waals surface area contributed by atoms with Gasteiger partial charge in [-0.3, -0.25) is 9.78 Å². The molecular weight excluding hydrogens is 474 g/mol. The molecule has 38 heavy (non-hydrogen) atoms. The average Bonchev–Trinajstić information content (AvgIpc) is 3.69. The van der Waals surface area contributed by atoms with Crippen LogP contribution in [0.15, 0.2) is 95.8 Å². The number of nitrogens with one attached hydrogen (secondary N) is 1. The molecule has 6 rings (SSSR count). The average molecular weight is 502 g/mol. The molecule has 6 nitrogen and oxygen atoms in total. The van der Waals surface area contributed by atoms with Gasteiger partial charge in [0.05, 0.1) is 17.3 Å². The van der Waals surface area contributed by atoms with Crippen LogP contribution in [0, 0.1) is 13.8 Å². The molecule has 0 bridgehead atoms. The third-order valence-corrected chi connectivity index (χ3v) is 7.33. The summed E-state index contributed by atoms with van der Waals surface area (Å²) >= 11 is 0. The van der Waals surface area contributed by atoms with Crippen molar-refractivity contribution in [1.29, 1.82) is 0 Å². The molecular formula is C32H27N3O3. The number of carboxylic acids is 1. The summed E-state index contributed by atoms with van der Waals surface area (Å²) in [6.45, 7) is 3.98. The van der Waals surface area contributed by atoms with Crippen molar-refractivity contribution in [3.63, 3.8) is 0 Å². The Hall–Kier alpha value is -4.71. The van der Waals surface area contributed by atoms with E-state index in [-0.39, 0.29) is 0 Å². The van der Waals surface area contributed by atoms with E-state index in [1.54, 1.807) is 6.20 Å². The highest BCUT2D eigenvalue weighted by Crippen LogP contribution is 2.48. The smallest absolute Gasteiger partial charge is 0.314 e. The van der Waals surface area contributed by atoms with Gasteiger partial charge in [0.15, 0.2) is 5.76 Å². The topological polar surface area (TPSA) is 88.3 Å². The maximum Gasteiger partial charge on any atom is 0.314 e. The first kappa shape index (κ1) is 23.7. The molecule has 2 N–H and O–H groups in total. The molecule has 0 radical (unpaired) electrons. The van der Waals surface area contributed by atoms with Gasteiger partial charge in [0.1, 0.15) is 11.4 Å². The third kappa shape index (κ3) is 4.34. The van der Waals surface area contributed by atoms with E-state index in [0.717, 1.165) is 50.4 Å². The molecule has 1 saturated carbocycles. The van der Waals surface area contributed by atoms with Gasteiger partial charge in [-0.1, -0.05) is 83.5 Å². The van der Waals surface area contributed by atoms with E-state index in [9.17, 15) is 9.90 Å². The minimum atomic E-state index is -0.737. The van der Waals surface area contributed by atoms with Gasteiger partial charge < -0.3 is 14.9 Å². The lowest BCUT2D eigenvalue weighted by Crippen LogP contribution is -2.19. The van der Waals surface area contributed by atoms with E-state index in [0.29, 0.717) is 18.6 Å². The molecule has 3 aromatic carbocycles. The number of nitrogens with zero attached hydrogens (tertiary/aromatic N) is 2. The Morgan fingerprint density at radius 1 is 0.816 bits per heavy atom. The molecule has 0 spiro atoms. The number of carboxylic acid groups (broad SMARTS) is 1. The molecule has 2 aromatic heterocycles. The summed E-state index contributed by atoms with van der Waals surface area (Å²) in [5, 5.41) is 17.2. The van der Waals surface area contributed by atoms with Crippen LogP contribution in [0.3, 0.4) is 0 Å². The first-order valence-corrected chi connectivity index (χ1v) is 12.6. The standard InChI is InChI=1S/C32H27N3O3/c1-20-3-5-24(6-4-20)26-17-28(19-33-18-26)34-29-21(2)35-38-30(29)25-9-7-22(8-10-25)23-11-13-27(14-12-23)32(15-16-32)31(36)37/h3-14,17-19,34H,15-16H2,1-2H3,(H,36,37). The first-order chi connectivity index (χ1) is 18.4. The number of benzene rings is 3. The molecule has 0 saturated heterocycles. The highest BCUT2D eigenvalue weighted by atomic mass is 16.5. The molecule has 2 heterocycles. The van der Waals surface area contributed by atoms with Gasteiger partial charge in [-0.15, -0.1) is 0 Å². The van der Waals surface area contributed by atoms with E-state index in [1.165, 1.54) is 5.56 Å². The largest absolute Gasteiger partial charge is 0.481 e. The zero-order chi connectivity index (χ0) is 26.3. The van der Waals surface area contributed by atoms with Crippen molar-refractivity contribution >= 4 is 17.3 Å². The molecule has 0 atom stereocenters. The maximum atomic E-state index is 11.6. The van der Waals surface area contributed by atoms with Crippen LogP contribution < -0.4 is 5.32 Å². The summed E-state index contributed by atoms with van der Waals surface area (Å²) in [5.74, 6) is -0.0821. The van der Waals surface area contributed by atoms with Crippen LogP contribution in [0.5, 0.6) is 0 Å². The molecule has 1 fully saturated rings. The highest BCUT2D eigenvalue weighted by molar-refractivity contribution is 5.85. The Kier molecular flexibility index (Phi) is 5.80. The Balaban J connectivity index is 1.23. The van der Waals surface area contributed by atoms with Crippen LogP contribution in [0.2, 0.25) is 0 Å². The highest BCUT2D eigenvalue weighted by Gasteiger charge is 2.51. The van der Waals surface area contributed by atoms with Gasteiger partial charge in [0.25, 0.3) is 0 Å². The minimum Gasteiger partial charge on any atom is -0.481 e. The fourth-order valence-corrected chi connectivity index (χ4v) is 4.82. The first-order valence-electron chi connectivity index (χ1n) is 12.6. The predicted molar refractivity (Wildman–Crippen MR) is 148 cm³/mol. The fraction of sp³-hybridized carbons (Fsp3) is 0.156. The van der Waals surface area contributed by atoms with E-state index in [1.807, 2.05) is 61.7 Å². The number of aliphatic carboxylic acids is 1. The Labute approximate surface area is 221 Å². The van der Waals surface area contributed by atoms with Crippen molar-refractivity contribution in [3.05, 3.63) is 108 Å². The van der Waals surface area contributed by atoms with E-state index < -0.39 is 11.4 Å². The molecule has 188 valence electrons. The number of hydrogen-bond donors (Lipinski definition) is 2. The summed E-state index contributed by atoms with van der Waals surface area (Å²) < 4.78 is 5.72. The number of hydrogen-bond acceptors (Lipinski definition) is 5. The van der Waals surface area contributed by atoms with Crippen molar-refractivity contribution < 1.29 is 14.4 Å². The lowest BCUT2D eigenvalue weighted by atomic mass is 9.93.